The molecule has 1 aromatic heterocycles. The van der Waals surface area contributed by atoms with Crippen LogP contribution in [0.1, 0.15) is 12.6 Å². The fourth-order valence-electron chi connectivity index (χ4n) is 1.15. The van der Waals surface area contributed by atoms with Crippen molar-refractivity contribution in [3.63, 3.8) is 0 Å². The van der Waals surface area contributed by atoms with Crippen LogP contribution in [0.5, 0.6) is 0 Å². The third-order valence-electron chi connectivity index (χ3n) is 1.76. The lowest BCUT2D eigenvalue weighted by atomic mass is 10.2. The second-order valence-electron chi connectivity index (χ2n) is 2.84. The van der Waals surface area contributed by atoms with E-state index in [1.54, 1.807) is 6.92 Å². The molecular formula is C9H10ClN3O3. The lowest BCUT2D eigenvalue weighted by Gasteiger charge is -2.08. The van der Waals surface area contributed by atoms with E-state index in [1.165, 1.54) is 6.07 Å². The zero-order valence-corrected chi connectivity index (χ0v) is 9.32. The number of anilines is 1. The number of nitrogens with zero attached hydrogens (tertiary/aromatic N) is 2. The predicted molar refractivity (Wildman–Crippen MR) is 61.0 cm³/mol. The fraction of sp³-hybridized carbons (Fsp3) is 0.222. The van der Waals surface area contributed by atoms with Crippen molar-refractivity contribution < 1.29 is 9.66 Å². The molecule has 0 spiro atoms. The number of nitrogen functional groups attached to an aromatic ring is 1. The molecule has 0 fully saturated rings. The number of aromatic nitrogens is 1. The Balaban J connectivity index is 3.35. The lowest BCUT2D eigenvalue weighted by molar-refractivity contribution is -0.384. The number of halogens is 1. The Morgan fingerprint density at radius 3 is 2.94 bits per heavy atom. The average Bonchev–Trinajstić information content (AvgIpc) is 2.15. The van der Waals surface area contributed by atoms with Gasteiger partial charge in [0.15, 0.2) is 5.69 Å². The van der Waals surface area contributed by atoms with Gasteiger partial charge in [-0.15, -0.1) is 0 Å². The van der Waals surface area contributed by atoms with Gasteiger partial charge in [0.1, 0.15) is 16.6 Å². The molecule has 0 bridgehead atoms. The van der Waals surface area contributed by atoms with E-state index in [1.807, 2.05) is 0 Å². The summed E-state index contributed by atoms with van der Waals surface area (Å²) in [6, 6.07) is 1.21. The van der Waals surface area contributed by atoms with Gasteiger partial charge >= 0.3 is 5.69 Å². The van der Waals surface area contributed by atoms with Crippen molar-refractivity contribution in [1.29, 1.82) is 0 Å². The highest BCUT2D eigenvalue weighted by molar-refractivity contribution is 6.29. The van der Waals surface area contributed by atoms with Crippen molar-refractivity contribution in [3.05, 3.63) is 33.6 Å². The predicted octanol–water partition coefficient (Wildman–Crippen LogP) is 2.23. The van der Waals surface area contributed by atoms with Gasteiger partial charge in [-0.25, -0.2) is 4.98 Å². The number of ether oxygens (including phenoxy) is 1. The molecule has 0 aliphatic carbocycles. The van der Waals surface area contributed by atoms with Crippen molar-refractivity contribution in [1.82, 2.24) is 4.98 Å². The average molecular weight is 244 g/mol. The molecule has 0 aromatic carbocycles. The molecule has 7 heteroatoms. The van der Waals surface area contributed by atoms with Crippen LogP contribution < -0.4 is 5.73 Å². The van der Waals surface area contributed by atoms with E-state index in [9.17, 15) is 10.1 Å². The molecule has 1 aromatic rings. The lowest BCUT2D eigenvalue weighted by Crippen LogP contribution is -2.04. The Hall–Kier alpha value is -1.82. The van der Waals surface area contributed by atoms with E-state index >= 15 is 0 Å². The third kappa shape index (κ3) is 2.40. The van der Waals surface area contributed by atoms with Crippen molar-refractivity contribution in [3.8, 4) is 0 Å². The van der Waals surface area contributed by atoms with Crippen molar-refractivity contribution >= 4 is 28.7 Å². The molecule has 0 aliphatic rings. The normalized spacial score (nSPS) is 9.88. The first kappa shape index (κ1) is 12.3. The Morgan fingerprint density at radius 1 is 1.81 bits per heavy atom. The van der Waals surface area contributed by atoms with Crippen molar-refractivity contribution in [2.75, 3.05) is 12.3 Å². The highest BCUT2D eigenvalue weighted by Crippen LogP contribution is 2.31. The van der Waals surface area contributed by atoms with E-state index in [0.717, 1.165) is 0 Å². The van der Waals surface area contributed by atoms with Gasteiger partial charge in [0.05, 0.1) is 11.5 Å². The van der Waals surface area contributed by atoms with E-state index < -0.39 is 4.92 Å². The van der Waals surface area contributed by atoms with Crippen molar-refractivity contribution in [2.45, 2.75) is 6.92 Å². The quantitative estimate of drug-likeness (QED) is 0.379. The number of rotatable bonds is 4. The fourth-order valence-corrected chi connectivity index (χ4v) is 1.36. The molecule has 6 nitrogen and oxygen atoms in total. The molecule has 0 saturated carbocycles. The Labute approximate surface area is 96.8 Å². The first-order valence-corrected chi connectivity index (χ1v) is 4.77. The summed E-state index contributed by atoms with van der Waals surface area (Å²) in [5.41, 5.74) is 5.04. The summed E-state index contributed by atoms with van der Waals surface area (Å²) in [6.07, 6.45) is 0. The van der Waals surface area contributed by atoms with Crippen LogP contribution in [-0.4, -0.2) is 16.5 Å². The van der Waals surface area contributed by atoms with Gasteiger partial charge in [-0.2, -0.15) is 0 Å². The second-order valence-corrected chi connectivity index (χ2v) is 3.23. The Bertz CT molecular complexity index is 448. The topological polar surface area (TPSA) is 91.3 Å². The zero-order chi connectivity index (χ0) is 12.3. The number of nitro groups is 1. The first-order chi connectivity index (χ1) is 7.47. The van der Waals surface area contributed by atoms with Crippen LogP contribution in [0.4, 0.5) is 11.4 Å². The SMILES string of the molecule is C=C(OCC)c1nc(Cl)cc(N)c1[N+](=O)[O-]. The smallest absolute Gasteiger partial charge is 0.321 e. The van der Waals surface area contributed by atoms with Gasteiger partial charge in [-0.1, -0.05) is 18.2 Å². The van der Waals surface area contributed by atoms with Crippen LogP contribution in [-0.2, 0) is 4.74 Å². The zero-order valence-electron chi connectivity index (χ0n) is 8.57. The summed E-state index contributed by atoms with van der Waals surface area (Å²) in [5, 5.41) is 10.9. The molecular weight excluding hydrogens is 234 g/mol. The molecule has 1 rings (SSSR count). The first-order valence-electron chi connectivity index (χ1n) is 4.39. The molecule has 86 valence electrons. The molecule has 0 atom stereocenters. The van der Waals surface area contributed by atoms with Crippen LogP contribution in [0.3, 0.4) is 0 Å². The summed E-state index contributed by atoms with van der Waals surface area (Å²) >= 11 is 5.66. The van der Waals surface area contributed by atoms with Gasteiger partial charge in [0.25, 0.3) is 0 Å². The van der Waals surface area contributed by atoms with Gasteiger partial charge in [0.2, 0.25) is 0 Å². The van der Waals surface area contributed by atoms with Crippen molar-refractivity contribution in [2.24, 2.45) is 0 Å². The number of pyridine rings is 1. The van der Waals surface area contributed by atoms with Gasteiger partial charge in [0, 0.05) is 6.07 Å². The van der Waals surface area contributed by atoms with Crippen LogP contribution in [0, 0.1) is 10.1 Å². The summed E-state index contributed by atoms with van der Waals surface area (Å²) < 4.78 is 5.05. The standard InChI is InChI=1S/C9H10ClN3O3/c1-3-16-5(2)8-9(13(14)15)6(11)4-7(10)12-8/h4H,2-3H2,1H3,(H2,11,12). The van der Waals surface area contributed by atoms with E-state index in [4.69, 9.17) is 22.1 Å². The monoisotopic (exact) mass is 243 g/mol. The maximum atomic E-state index is 10.8. The number of nitrogens with two attached hydrogens (primary N) is 1. The second kappa shape index (κ2) is 4.80. The maximum absolute atomic E-state index is 10.8. The third-order valence-corrected chi connectivity index (χ3v) is 1.95. The minimum absolute atomic E-state index is 0.0446. The highest BCUT2D eigenvalue weighted by Gasteiger charge is 2.23. The van der Waals surface area contributed by atoms with Gasteiger partial charge in [-0.05, 0) is 6.92 Å². The molecule has 16 heavy (non-hydrogen) atoms. The van der Waals surface area contributed by atoms with E-state index in [-0.39, 0.29) is 28.0 Å². The Kier molecular flexibility index (Phi) is 3.68. The molecule has 0 saturated heterocycles. The molecule has 2 N–H and O–H groups in total. The maximum Gasteiger partial charge on any atom is 0.321 e. The van der Waals surface area contributed by atoms with E-state index in [0.29, 0.717) is 6.61 Å². The van der Waals surface area contributed by atoms with Crippen LogP contribution in [0.25, 0.3) is 5.76 Å². The Morgan fingerprint density at radius 2 is 2.44 bits per heavy atom. The molecule has 0 unspecified atom stereocenters. The van der Waals surface area contributed by atoms with Crippen LogP contribution in [0.15, 0.2) is 12.6 Å². The number of hydrogen-bond donors (Lipinski definition) is 1. The summed E-state index contributed by atoms with van der Waals surface area (Å²) in [7, 11) is 0. The molecule has 0 amide bonds. The highest BCUT2D eigenvalue weighted by atomic mass is 35.5. The van der Waals surface area contributed by atoms with E-state index in [2.05, 4.69) is 11.6 Å². The summed E-state index contributed by atoms with van der Waals surface area (Å²) in [5.74, 6) is 0.0726. The summed E-state index contributed by atoms with van der Waals surface area (Å²) in [6.45, 7) is 5.59. The number of hydrogen-bond acceptors (Lipinski definition) is 5. The van der Waals surface area contributed by atoms with Crippen LogP contribution >= 0.6 is 11.6 Å². The van der Waals surface area contributed by atoms with Gasteiger partial charge in [-0.3, -0.25) is 10.1 Å². The largest absolute Gasteiger partial charge is 0.492 e. The molecule has 0 radical (unpaired) electrons. The molecule has 0 aliphatic heterocycles. The minimum Gasteiger partial charge on any atom is -0.492 e. The summed E-state index contributed by atoms with van der Waals surface area (Å²) in [4.78, 5) is 14.0. The van der Waals surface area contributed by atoms with Crippen LogP contribution in [0.2, 0.25) is 5.15 Å². The van der Waals surface area contributed by atoms with Gasteiger partial charge < -0.3 is 10.5 Å². The molecule has 1 heterocycles. The minimum atomic E-state index is -0.641.